The van der Waals surface area contributed by atoms with Crippen LogP contribution in [0.25, 0.3) is 0 Å². The first kappa shape index (κ1) is 38.5. The van der Waals surface area contributed by atoms with Crippen LogP contribution in [0.2, 0.25) is 0 Å². The molecule has 1 unspecified atom stereocenters. The lowest BCUT2D eigenvalue weighted by Crippen LogP contribution is -2.43. The van der Waals surface area contributed by atoms with Gasteiger partial charge in [-0.2, -0.15) is 0 Å². The first-order chi connectivity index (χ1) is 26.2. The third kappa shape index (κ3) is 9.10. The summed E-state index contributed by atoms with van der Waals surface area (Å²) in [6, 6.07) is 29.2. The standard InChI is InChI=1S/C39H33F4N5O6S/c40-33-6-2-1-5-27(33)23-45-36(49)21-32-37(50)47(34-7-3-4-8-35(34)48(38(32)51)29-15-11-25(22-44)12-16-29)24-26-9-13-28(14-10-26)46-55(52,53)31-19-17-30(18-20-31)54-39(41,42)43/h1-20,32,46H,21-24,44H2,(H,45,49). The number of benzene rings is 5. The zero-order valence-corrected chi connectivity index (χ0v) is 29.6. The van der Waals surface area contributed by atoms with Gasteiger partial charge in [0.25, 0.3) is 10.0 Å². The zero-order chi connectivity index (χ0) is 39.3. The van der Waals surface area contributed by atoms with E-state index in [4.69, 9.17) is 5.73 Å². The maximum atomic E-state index is 14.4. The number of fused-ring (bicyclic) bond motifs is 1. The van der Waals surface area contributed by atoms with Crippen LogP contribution in [-0.2, 0) is 44.0 Å². The molecule has 1 atom stereocenters. The van der Waals surface area contributed by atoms with E-state index in [0.29, 0.717) is 22.6 Å². The highest BCUT2D eigenvalue weighted by atomic mass is 32.2. The minimum absolute atomic E-state index is 0.0931. The molecule has 0 bridgehead atoms. The summed E-state index contributed by atoms with van der Waals surface area (Å²) in [5.74, 6) is -4.60. The van der Waals surface area contributed by atoms with Crippen LogP contribution in [0.3, 0.4) is 0 Å². The number of nitrogens with two attached hydrogens (primary N) is 1. The second kappa shape index (κ2) is 16.0. The van der Waals surface area contributed by atoms with Crippen molar-refractivity contribution in [2.45, 2.75) is 37.3 Å². The molecule has 0 spiro atoms. The molecule has 1 heterocycles. The van der Waals surface area contributed by atoms with Gasteiger partial charge in [-0.25, -0.2) is 12.8 Å². The Balaban J connectivity index is 1.27. The van der Waals surface area contributed by atoms with Crippen LogP contribution in [0.4, 0.5) is 40.3 Å². The molecule has 6 rings (SSSR count). The third-order valence-corrected chi connectivity index (χ3v) is 10.1. The van der Waals surface area contributed by atoms with E-state index in [1.165, 1.54) is 40.1 Å². The normalized spacial score (nSPS) is 14.6. The second-order valence-electron chi connectivity index (χ2n) is 12.4. The fraction of sp³-hybridized carbons (Fsp3) is 0.154. The Kier molecular flexibility index (Phi) is 11.2. The lowest BCUT2D eigenvalue weighted by atomic mass is 10.0. The number of para-hydroxylation sites is 2. The van der Waals surface area contributed by atoms with Crippen LogP contribution in [-0.4, -0.2) is 32.5 Å². The number of carbonyl (C=O) groups is 3. The van der Waals surface area contributed by atoms with Crippen LogP contribution in [0.5, 0.6) is 5.75 Å². The molecule has 4 N–H and O–H groups in total. The molecule has 0 radical (unpaired) electrons. The quantitative estimate of drug-likeness (QED) is 0.0965. The summed E-state index contributed by atoms with van der Waals surface area (Å²) in [5.41, 5.74) is 8.63. The SMILES string of the molecule is NCc1ccc(N2C(=O)C(CC(=O)NCc3ccccc3F)C(=O)N(Cc3ccc(NS(=O)(=O)c4ccc(OC(F)(F)F)cc4)cc3)c3ccccc32)cc1. The summed E-state index contributed by atoms with van der Waals surface area (Å²) in [7, 11) is -4.21. The number of sulfonamides is 1. The number of nitrogens with zero attached hydrogens (tertiary/aromatic N) is 2. The van der Waals surface area contributed by atoms with Crippen molar-refractivity contribution < 1.29 is 45.1 Å². The minimum atomic E-state index is -4.94. The van der Waals surface area contributed by atoms with Gasteiger partial charge in [0, 0.05) is 36.4 Å². The molecule has 55 heavy (non-hydrogen) atoms. The summed E-state index contributed by atoms with van der Waals surface area (Å²) in [4.78, 5) is 44.6. The summed E-state index contributed by atoms with van der Waals surface area (Å²) < 4.78 is 84.0. The van der Waals surface area contributed by atoms with Crippen molar-refractivity contribution in [2.24, 2.45) is 11.7 Å². The molecular formula is C39H33F4N5O6S. The van der Waals surface area contributed by atoms with Gasteiger partial charge in [-0.15, -0.1) is 13.2 Å². The molecule has 0 saturated carbocycles. The van der Waals surface area contributed by atoms with Crippen molar-refractivity contribution in [3.8, 4) is 5.75 Å². The van der Waals surface area contributed by atoms with Gasteiger partial charge in [0.05, 0.1) is 22.8 Å². The number of alkyl halides is 3. The van der Waals surface area contributed by atoms with E-state index in [1.807, 2.05) is 0 Å². The number of carbonyl (C=O) groups excluding carboxylic acids is 3. The Hall–Kier alpha value is -6.26. The van der Waals surface area contributed by atoms with Crippen LogP contribution < -0.4 is 30.3 Å². The first-order valence-corrected chi connectivity index (χ1v) is 18.2. The molecule has 16 heteroatoms. The smallest absolute Gasteiger partial charge is 0.406 e. The van der Waals surface area contributed by atoms with Crippen LogP contribution in [0.1, 0.15) is 23.1 Å². The van der Waals surface area contributed by atoms with Gasteiger partial charge >= 0.3 is 6.36 Å². The summed E-state index contributed by atoms with van der Waals surface area (Å²) in [6.45, 7) is 0.00281. The van der Waals surface area contributed by atoms with E-state index in [1.54, 1.807) is 66.7 Å². The Bertz CT molecular complexity index is 2310. The number of hydrogen-bond acceptors (Lipinski definition) is 7. The summed E-state index contributed by atoms with van der Waals surface area (Å²) in [6.07, 6.45) is -5.48. The molecule has 0 aromatic heterocycles. The fourth-order valence-electron chi connectivity index (χ4n) is 5.94. The molecule has 5 aromatic rings. The maximum absolute atomic E-state index is 14.4. The number of rotatable bonds is 12. The van der Waals surface area contributed by atoms with Gasteiger partial charge in [0.1, 0.15) is 17.5 Å². The molecule has 0 fully saturated rings. The number of halogens is 4. The number of amides is 3. The van der Waals surface area contributed by atoms with E-state index in [-0.39, 0.29) is 35.8 Å². The third-order valence-electron chi connectivity index (χ3n) is 8.66. The van der Waals surface area contributed by atoms with Gasteiger partial charge in [0.15, 0.2) is 0 Å². The van der Waals surface area contributed by atoms with Gasteiger partial charge < -0.3 is 20.7 Å². The Morgan fingerprint density at radius 2 is 1.40 bits per heavy atom. The van der Waals surface area contributed by atoms with E-state index in [9.17, 15) is 40.4 Å². The molecule has 0 aliphatic carbocycles. The molecule has 3 amide bonds. The molecule has 1 aliphatic heterocycles. The second-order valence-corrected chi connectivity index (χ2v) is 14.1. The van der Waals surface area contributed by atoms with E-state index in [0.717, 1.165) is 29.8 Å². The fourth-order valence-corrected chi connectivity index (χ4v) is 7.00. The first-order valence-electron chi connectivity index (χ1n) is 16.7. The lowest BCUT2D eigenvalue weighted by molar-refractivity contribution is -0.274. The number of anilines is 4. The monoisotopic (exact) mass is 775 g/mol. The van der Waals surface area contributed by atoms with Gasteiger partial charge in [0.2, 0.25) is 17.7 Å². The van der Waals surface area contributed by atoms with E-state index < -0.39 is 58.0 Å². The average Bonchev–Trinajstić information content (AvgIpc) is 3.23. The number of nitrogens with one attached hydrogen (secondary N) is 2. The van der Waals surface area contributed by atoms with Crippen LogP contribution >= 0.6 is 0 Å². The molecule has 11 nitrogen and oxygen atoms in total. The number of ether oxygens (including phenoxy) is 1. The van der Waals surface area contributed by atoms with E-state index >= 15 is 0 Å². The predicted molar refractivity (Wildman–Crippen MR) is 196 cm³/mol. The van der Waals surface area contributed by atoms with Crippen LogP contribution in [0.15, 0.2) is 126 Å². The van der Waals surface area contributed by atoms with Crippen LogP contribution in [0, 0.1) is 11.7 Å². The molecular weight excluding hydrogens is 743 g/mol. The van der Waals surface area contributed by atoms with E-state index in [2.05, 4.69) is 14.8 Å². The molecule has 0 saturated heterocycles. The lowest BCUT2D eigenvalue weighted by Gasteiger charge is -2.26. The minimum Gasteiger partial charge on any atom is -0.406 e. The Morgan fingerprint density at radius 1 is 0.782 bits per heavy atom. The zero-order valence-electron chi connectivity index (χ0n) is 28.8. The highest BCUT2D eigenvalue weighted by molar-refractivity contribution is 7.92. The summed E-state index contributed by atoms with van der Waals surface area (Å²) in [5, 5.41) is 2.61. The van der Waals surface area contributed by atoms with Gasteiger partial charge in [-0.05, 0) is 77.9 Å². The molecule has 5 aromatic carbocycles. The topological polar surface area (TPSA) is 151 Å². The van der Waals surface area contributed by atoms with Crippen molar-refractivity contribution in [2.75, 3.05) is 14.5 Å². The average molecular weight is 776 g/mol. The van der Waals surface area contributed by atoms with Crippen molar-refractivity contribution in [1.29, 1.82) is 0 Å². The molecule has 284 valence electrons. The highest BCUT2D eigenvalue weighted by Gasteiger charge is 2.42. The predicted octanol–water partition coefficient (Wildman–Crippen LogP) is 6.52. The van der Waals surface area contributed by atoms with Crippen molar-refractivity contribution in [1.82, 2.24) is 5.32 Å². The van der Waals surface area contributed by atoms with Gasteiger partial charge in [-0.1, -0.05) is 54.6 Å². The van der Waals surface area contributed by atoms with Gasteiger partial charge in [-0.3, -0.25) is 24.0 Å². The number of hydrogen-bond donors (Lipinski definition) is 3. The highest BCUT2D eigenvalue weighted by Crippen LogP contribution is 2.41. The largest absolute Gasteiger partial charge is 0.573 e. The van der Waals surface area contributed by atoms with Crippen molar-refractivity contribution in [3.05, 3.63) is 144 Å². The summed E-state index contributed by atoms with van der Waals surface area (Å²) >= 11 is 0. The maximum Gasteiger partial charge on any atom is 0.573 e. The Morgan fingerprint density at radius 3 is 2.04 bits per heavy atom. The Labute approximate surface area is 313 Å². The van der Waals surface area contributed by atoms with Crippen molar-refractivity contribution >= 4 is 50.5 Å². The van der Waals surface area contributed by atoms with Crippen molar-refractivity contribution in [3.63, 3.8) is 0 Å². The molecule has 1 aliphatic rings.